The Balaban J connectivity index is 2.10. The van der Waals surface area contributed by atoms with Gasteiger partial charge in [-0.05, 0) is 52.4 Å². The van der Waals surface area contributed by atoms with Gasteiger partial charge in [-0.15, -0.1) is 22.7 Å². The number of rotatable bonds is 4. The average Bonchev–Trinajstić information content (AvgIpc) is 2.97. The van der Waals surface area contributed by atoms with Gasteiger partial charge < -0.3 is 5.32 Å². The first-order valence-electron chi connectivity index (χ1n) is 5.72. The van der Waals surface area contributed by atoms with E-state index in [-0.39, 0.29) is 11.9 Å². The molecule has 2 aromatic heterocycles. The standard InChI is InChI=1S/C13H14BrNOS2/c1-3-9(10-5-4-6-17-10)15-13(16)11-7-8(2)12(14)18-11/h4-7,9H,3H2,1-2H3,(H,15,16). The lowest BCUT2D eigenvalue weighted by Gasteiger charge is -2.14. The topological polar surface area (TPSA) is 29.1 Å². The molecule has 2 rings (SSSR count). The van der Waals surface area contributed by atoms with Crippen LogP contribution in [0.2, 0.25) is 0 Å². The Morgan fingerprint density at radius 2 is 2.33 bits per heavy atom. The molecule has 0 spiro atoms. The number of aryl methyl sites for hydroxylation is 1. The summed E-state index contributed by atoms with van der Waals surface area (Å²) in [5.41, 5.74) is 1.11. The Labute approximate surface area is 123 Å². The molecule has 2 heterocycles. The highest BCUT2D eigenvalue weighted by atomic mass is 79.9. The smallest absolute Gasteiger partial charge is 0.261 e. The summed E-state index contributed by atoms with van der Waals surface area (Å²) in [6.07, 6.45) is 0.901. The third-order valence-corrected chi connectivity index (χ3v) is 5.80. The van der Waals surface area contributed by atoms with Gasteiger partial charge in [-0.1, -0.05) is 13.0 Å². The van der Waals surface area contributed by atoms with Gasteiger partial charge in [-0.3, -0.25) is 4.79 Å². The van der Waals surface area contributed by atoms with Gasteiger partial charge in [-0.25, -0.2) is 0 Å². The predicted molar refractivity (Wildman–Crippen MR) is 81.6 cm³/mol. The first kappa shape index (κ1) is 13.8. The number of halogens is 1. The lowest BCUT2D eigenvalue weighted by Crippen LogP contribution is -2.26. The molecular formula is C13H14BrNOS2. The van der Waals surface area contributed by atoms with E-state index in [0.29, 0.717) is 0 Å². The monoisotopic (exact) mass is 343 g/mol. The van der Waals surface area contributed by atoms with Crippen molar-refractivity contribution >= 4 is 44.5 Å². The average molecular weight is 344 g/mol. The van der Waals surface area contributed by atoms with Crippen LogP contribution in [0.25, 0.3) is 0 Å². The van der Waals surface area contributed by atoms with E-state index in [4.69, 9.17) is 0 Å². The summed E-state index contributed by atoms with van der Waals surface area (Å²) < 4.78 is 1.02. The molecule has 0 fully saturated rings. The molecular weight excluding hydrogens is 330 g/mol. The zero-order valence-corrected chi connectivity index (χ0v) is 13.4. The van der Waals surface area contributed by atoms with Gasteiger partial charge in [0.2, 0.25) is 0 Å². The summed E-state index contributed by atoms with van der Waals surface area (Å²) in [6, 6.07) is 6.11. The van der Waals surface area contributed by atoms with Crippen LogP contribution in [0, 0.1) is 6.92 Å². The van der Waals surface area contributed by atoms with E-state index >= 15 is 0 Å². The molecule has 0 aliphatic carbocycles. The summed E-state index contributed by atoms with van der Waals surface area (Å²) in [5, 5.41) is 5.12. The maximum absolute atomic E-state index is 12.2. The molecule has 0 aromatic carbocycles. The predicted octanol–water partition coefficient (Wildman–Crippen LogP) is 4.76. The summed E-state index contributed by atoms with van der Waals surface area (Å²) in [7, 11) is 0. The molecule has 0 aliphatic heterocycles. The summed E-state index contributed by atoms with van der Waals surface area (Å²) in [5.74, 6) is 0.00838. The van der Waals surface area contributed by atoms with Gasteiger partial charge in [0.15, 0.2) is 0 Å². The molecule has 18 heavy (non-hydrogen) atoms. The van der Waals surface area contributed by atoms with Crippen molar-refractivity contribution in [3.63, 3.8) is 0 Å². The molecule has 0 saturated heterocycles. The molecule has 1 atom stereocenters. The van der Waals surface area contributed by atoms with E-state index in [1.54, 1.807) is 11.3 Å². The Kier molecular flexibility index (Phi) is 4.59. The number of hydrogen-bond acceptors (Lipinski definition) is 3. The van der Waals surface area contributed by atoms with Gasteiger partial charge in [0, 0.05) is 4.88 Å². The van der Waals surface area contributed by atoms with E-state index in [0.717, 1.165) is 20.6 Å². The van der Waals surface area contributed by atoms with Crippen molar-refractivity contribution in [2.45, 2.75) is 26.3 Å². The second kappa shape index (κ2) is 5.99. The summed E-state index contributed by atoms with van der Waals surface area (Å²) >= 11 is 6.61. The Hall–Kier alpha value is -0.650. The number of hydrogen-bond donors (Lipinski definition) is 1. The Morgan fingerprint density at radius 1 is 1.56 bits per heavy atom. The molecule has 1 N–H and O–H groups in total. The van der Waals surface area contributed by atoms with E-state index in [2.05, 4.69) is 34.2 Å². The maximum Gasteiger partial charge on any atom is 0.261 e. The van der Waals surface area contributed by atoms with Crippen molar-refractivity contribution in [3.8, 4) is 0 Å². The van der Waals surface area contributed by atoms with Crippen LogP contribution in [0.3, 0.4) is 0 Å². The molecule has 1 amide bonds. The summed E-state index contributed by atoms with van der Waals surface area (Å²) in [6.45, 7) is 4.08. The second-order valence-corrected chi connectivity index (χ2v) is 7.37. The van der Waals surface area contributed by atoms with Crippen LogP contribution in [-0.2, 0) is 0 Å². The van der Waals surface area contributed by atoms with Crippen LogP contribution in [-0.4, -0.2) is 5.91 Å². The normalized spacial score (nSPS) is 12.4. The van der Waals surface area contributed by atoms with E-state index < -0.39 is 0 Å². The van der Waals surface area contributed by atoms with Crippen LogP contribution in [0.1, 0.15) is 39.5 Å². The van der Waals surface area contributed by atoms with Gasteiger partial charge >= 0.3 is 0 Å². The maximum atomic E-state index is 12.2. The minimum atomic E-state index is 0.00838. The van der Waals surface area contributed by atoms with Crippen molar-refractivity contribution in [2.24, 2.45) is 0 Å². The van der Waals surface area contributed by atoms with Crippen LogP contribution in [0.15, 0.2) is 27.4 Å². The third kappa shape index (κ3) is 3.02. The number of thiophene rings is 2. The van der Waals surface area contributed by atoms with Crippen molar-refractivity contribution in [1.29, 1.82) is 0 Å². The lowest BCUT2D eigenvalue weighted by atomic mass is 10.2. The minimum absolute atomic E-state index is 0.00838. The zero-order valence-electron chi connectivity index (χ0n) is 10.2. The molecule has 0 saturated carbocycles. The van der Waals surface area contributed by atoms with Gasteiger partial charge in [-0.2, -0.15) is 0 Å². The first-order valence-corrected chi connectivity index (χ1v) is 8.21. The molecule has 2 aromatic rings. The van der Waals surface area contributed by atoms with Crippen molar-refractivity contribution < 1.29 is 4.79 Å². The summed E-state index contributed by atoms with van der Waals surface area (Å²) in [4.78, 5) is 14.1. The number of carbonyl (C=O) groups is 1. The van der Waals surface area contributed by atoms with Gasteiger partial charge in [0.05, 0.1) is 14.7 Å². The fraction of sp³-hybridized carbons (Fsp3) is 0.308. The van der Waals surface area contributed by atoms with Crippen LogP contribution in [0.5, 0.6) is 0 Å². The van der Waals surface area contributed by atoms with Crippen LogP contribution in [0.4, 0.5) is 0 Å². The lowest BCUT2D eigenvalue weighted by molar-refractivity contribution is 0.0940. The number of carbonyl (C=O) groups excluding carboxylic acids is 1. The van der Waals surface area contributed by atoms with E-state index in [1.807, 2.05) is 24.4 Å². The quantitative estimate of drug-likeness (QED) is 0.851. The highest BCUT2D eigenvalue weighted by Gasteiger charge is 2.17. The molecule has 96 valence electrons. The third-order valence-electron chi connectivity index (χ3n) is 2.68. The SMILES string of the molecule is CCC(NC(=O)c1cc(C)c(Br)s1)c1cccs1. The van der Waals surface area contributed by atoms with Crippen molar-refractivity contribution in [1.82, 2.24) is 5.32 Å². The number of amides is 1. The van der Waals surface area contributed by atoms with Crippen molar-refractivity contribution in [3.05, 3.63) is 42.7 Å². The largest absolute Gasteiger partial charge is 0.344 e. The number of nitrogens with one attached hydrogen (secondary N) is 1. The van der Waals surface area contributed by atoms with E-state index in [1.165, 1.54) is 16.2 Å². The molecule has 0 aliphatic rings. The second-order valence-electron chi connectivity index (χ2n) is 4.02. The molecule has 2 nitrogen and oxygen atoms in total. The zero-order chi connectivity index (χ0) is 13.1. The van der Waals surface area contributed by atoms with E-state index in [9.17, 15) is 4.79 Å². The highest BCUT2D eigenvalue weighted by Crippen LogP contribution is 2.28. The van der Waals surface area contributed by atoms with Crippen LogP contribution < -0.4 is 5.32 Å². The Morgan fingerprint density at radius 3 is 2.83 bits per heavy atom. The highest BCUT2D eigenvalue weighted by molar-refractivity contribution is 9.11. The van der Waals surface area contributed by atoms with Crippen molar-refractivity contribution in [2.75, 3.05) is 0 Å². The fourth-order valence-electron chi connectivity index (χ4n) is 1.67. The molecule has 1 unspecified atom stereocenters. The fourth-order valence-corrected chi connectivity index (χ4v) is 3.96. The first-order chi connectivity index (χ1) is 8.61. The van der Waals surface area contributed by atoms with Crippen LogP contribution >= 0.6 is 38.6 Å². The minimum Gasteiger partial charge on any atom is -0.344 e. The molecule has 0 radical (unpaired) electrons. The molecule has 0 bridgehead atoms. The Bertz CT molecular complexity index is 514. The molecule has 5 heteroatoms. The van der Waals surface area contributed by atoms with Gasteiger partial charge in [0.25, 0.3) is 5.91 Å². The van der Waals surface area contributed by atoms with Gasteiger partial charge in [0.1, 0.15) is 0 Å².